The Bertz CT molecular complexity index is 540. The number of ether oxygens (including phenoxy) is 1. The minimum Gasteiger partial charge on any atom is -0.462 e. The highest BCUT2D eigenvalue weighted by Gasteiger charge is 2.27. The monoisotopic (exact) mass is 332 g/mol. The van der Waals surface area contributed by atoms with Gasteiger partial charge in [-0.25, -0.2) is 9.78 Å². The lowest BCUT2D eigenvalue weighted by Gasteiger charge is -2.43. The van der Waals surface area contributed by atoms with Crippen molar-refractivity contribution in [1.82, 2.24) is 14.8 Å². The summed E-state index contributed by atoms with van der Waals surface area (Å²) >= 11 is 0. The lowest BCUT2D eigenvalue weighted by molar-refractivity contribution is 0.0526. The number of carbonyl (C=O) groups excluding carboxylic acids is 1. The summed E-state index contributed by atoms with van der Waals surface area (Å²) in [6.45, 7) is 8.76. The molecule has 0 aliphatic carbocycles. The summed E-state index contributed by atoms with van der Waals surface area (Å²) in [5.74, 6) is 0.645. The summed E-state index contributed by atoms with van der Waals surface area (Å²) in [5, 5.41) is 0. The minimum atomic E-state index is -0.303. The summed E-state index contributed by atoms with van der Waals surface area (Å²) in [6, 6.07) is 4.43. The van der Waals surface area contributed by atoms with E-state index in [1.165, 1.54) is 25.9 Å². The summed E-state index contributed by atoms with van der Waals surface area (Å²) in [6.07, 6.45) is 4.24. The lowest BCUT2D eigenvalue weighted by atomic mass is 10.0. The molecule has 3 heterocycles. The number of pyridine rings is 1. The number of nitrogens with zero attached hydrogens (tertiary/aromatic N) is 4. The fraction of sp³-hybridized carbons (Fsp3) is 0.667. The highest BCUT2D eigenvalue weighted by molar-refractivity contribution is 5.89. The molecule has 2 aliphatic heterocycles. The van der Waals surface area contributed by atoms with Gasteiger partial charge in [0.05, 0.1) is 12.2 Å². The zero-order valence-corrected chi connectivity index (χ0v) is 14.8. The fourth-order valence-electron chi connectivity index (χ4n) is 3.66. The number of hydrogen-bond donors (Lipinski definition) is 0. The van der Waals surface area contributed by atoms with Crippen LogP contribution in [0.15, 0.2) is 18.3 Å². The van der Waals surface area contributed by atoms with E-state index >= 15 is 0 Å². The third kappa shape index (κ3) is 4.05. The largest absolute Gasteiger partial charge is 0.462 e. The van der Waals surface area contributed by atoms with Crippen molar-refractivity contribution in [2.24, 2.45) is 0 Å². The number of rotatable bonds is 4. The number of carbonyl (C=O) groups is 1. The van der Waals surface area contributed by atoms with E-state index in [2.05, 4.69) is 26.7 Å². The first-order valence-corrected chi connectivity index (χ1v) is 8.98. The van der Waals surface area contributed by atoms with Crippen LogP contribution in [0.2, 0.25) is 0 Å². The Kier molecular flexibility index (Phi) is 5.68. The molecule has 3 rings (SSSR count). The molecule has 0 saturated carbocycles. The first-order valence-electron chi connectivity index (χ1n) is 8.98. The lowest BCUT2D eigenvalue weighted by Crippen LogP contribution is -2.54. The third-order valence-electron chi connectivity index (χ3n) is 5.01. The van der Waals surface area contributed by atoms with Gasteiger partial charge in [-0.1, -0.05) is 0 Å². The van der Waals surface area contributed by atoms with Crippen molar-refractivity contribution in [2.75, 3.05) is 57.8 Å². The van der Waals surface area contributed by atoms with Gasteiger partial charge in [0.15, 0.2) is 0 Å². The van der Waals surface area contributed by atoms with Crippen LogP contribution in [-0.2, 0) is 4.74 Å². The van der Waals surface area contributed by atoms with Crippen LogP contribution in [0, 0.1) is 0 Å². The number of likely N-dealkylation sites (tertiary alicyclic amines) is 1. The van der Waals surface area contributed by atoms with Crippen LogP contribution in [0.25, 0.3) is 0 Å². The summed E-state index contributed by atoms with van der Waals surface area (Å²) < 4.78 is 5.00. The predicted octanol–water partition coefficient (Wildman–Crippen LogP) is 1.47. The zero-order chi connectivity index (χ0) is 16.9. The standard InChI is InChI=1S/C18H28N4O2/c1-3-24-18(23)15-6-7-17(19-13-15)22-11-9-21(10-12-22)16-5-4-8-20(2)14-16/h6-7,13,16H,3-5,8-12,14H2,1-2H3. The Labute approximate surface area is 144 Å². The first kappa shape index (κ1) is 17.2. The third-order valence-corrected chi connectivity index (χ3v) is 5.01. The molecule has 1 atom stereocenters. The molecular formula is C18H28N4O2. The maximum Gasteiger partial charge on any atom is 0.339 e. The van der Waals surface area contributed by atoms with E-state index < -0.39 is 0 Å². The van der Waals surface area contributed by atoms with Crippen LogP contribution in [0.3, 0.4) is 0 Å². The van der Waals surface area contributed by atoms with Gasteiger partial charge in [0.2, 0.25) is 0 Å². The van der Waals surface area contributed by atoms with Crippen molar-refractivity contribution in [1.29, 1.82) is 0 Å². The average molecular weight is 332 g/mol. The number of anilines is 1. The van der Waals surface area contributed by atoms with E-state index in [0.29, 0.717) is 18.2 Å². The number of piperazine rings is 1. The van der Waals surface area contributed by atoms with Crippen LogP contribution < -0.4 is 4.90 Å². The summed E-state index contributed by atoms with van der Waals surface area (Å²) in [7, 11) is 2.22. The second-order valence-electron chi connectivity index (χ2n) is 6.71. The van der Waals surface area contributed by atoms with Crippen LogP contribution >= 0.6 is 0 Å². The molecule has 1 unspecified atom stereocenters. The molecule has 24 heavy (non-hydrogen) atoms. The number of aromatic nitrogens is 1. The molecule has 132 valence electrons. The van der Waals surface area contributed by atoms with Gasteiger partial charge in [0.25, 0.3) is 0 Å². The number of likely N-dealkylation sites (N-methyl/N-ethyl adjacent to an activating group) is 1. The topological polar surface area (TPSA) is 48.9 Å². The minimum absolute atomic E-state index is 0.303. The highest BCUT2D eigenvalue weighted by atomic mass is 16.5. The van der Waals surface area contributed by atoms with Crippen molar-refractivity contribution in [2.45, 2.75) is 25.8 Å². The SMILES string of the molecule is CCOC(=O)c1ccc(N2CCN(C3CCCN(C)C3)CC2)nc1. The van der Waals surface area contributed by atoms with Crippen molar-refractivity contribution in [3.8, 4) is 0 Å². The molecule has 0 spiro atoms. The van der Waals surface area contributed by atoms with E-state index in [9.17, 15) is 4.79 Å². The van der Waals surface area contributed by atoms with Gasteiger partial charge >= 0.3 is 5.97 Å². The van der Waals surface area contributed by atoms with Crippen LogP contribution in [0.5, 0.6) is 0 Å². The van der Waals surface area contributed by atoms with Gasteiger partial charge in [0.1, 0.15) is 5.82 Å². The smallest absolute Gasteiger partial charge is 0.339 e. The quantitative estimate of drug-likeness (QED) is 0.779. The van der Waals surface area contributed by atoms with Gasteiger partial charge in [-0.05, 0) is 45.5 Å². The number of piperidine rings is 1. The van der Waals surface area contributed by atoms with Gasteiger partial charge in [-0.15, -0.1) is 0 Å². The molecule has 0 amide bonds. The van der Waals surface area contributed by atoms with E-state index in [1.807, 2.05) is 19.1 Å². The van der Waals surface area contributed by atoms with Crippen molar-refractivity contribution in [3.63, 3.8) is 0 Å². The summed E-state index contributed by atoms with van der Waals surface area (Å²) in [4.78, 5) is 23.5. The molecule has 0 radical (unpaired) electrons. The highest BCUT2D eigenvalue weighted by Crippen LogP contribution is 2.19. The molecule has 0 bridgehead atoms. The maximum absolute atomic E-state index is 11.7. The van der Waals surface area contributed by atoms with Gasteiger partial charge < -0.3 is 14.5 Å². The van der Waals surface area contributed by atoms with Crippen LogP contribution in [0.4, 0.5) is 5.82 Å². The van der Waals surface area contributed by atoms with E-state index in [-0.39, 0.29) is 5.97 Å². The Morgan fingerprint density at radius 2 is 2.04 bits per heavy atom. The zero-order valence-electron chi connectivity index (χ0n) is 14.8. The van der Waals surface area contributed by atoms with Crippen molar-refractivity contribution in [3.05, 3.63) is 23.9 Å². The number of esters is 1. The molecule has 2 aliphatic rings. The molecule has 0 aromatic carbocycles. The van der Waals surface area contributed by atoms with Crippen LogP contribution in [0.1, 0.15) is 30.1 Å². The normalized spacial score (nSPS) is 23.2. The molecular weight excluding hydrogens is 304 g/mol. The van der Waals surface area contributed by atoms with Crippen molar-refractivity contribution >= 4 is 11.8 Å². The van der Waals surface area contributed by atoms with E-state index in [1.54, 1.807) is 6.20 Å². The Morgan fingerprint density at radius 1 is 1.25 bits per heavy atom. The Morgan fingerprint density at radius 3 is 2.67 bits per heavy atom. The Balaban J connectivity index is 1.53. The second-order valence-corrected chi connectivity index (χ2v) is 6.71. The molecule has 6 nitrogen and oxygen atoms in total. The van der Waals surface area contributed by atoms with Crippen molar-refractivity contribution < 1.29 is 9.53 Å². The fourth-order valence-corrected chi connectivity index (χ4v) is 3.66. The second kappa shape index (κ2) is 7.94. The molecule has 0 N–H and O–H groups in total. The van der Waals surface area contributed by atoms with Gasteiger partial charge in [-0.2, -0.15) is 0 Å². The number of hydrogen-bond acceptors (Lipinski definition) is 6. The van der Waals surface area contributed by atoms with Gasteiger partial charge in [-0.3, -0.25) is 4.90 Å². The predicted molar refractivity (Wildman–Crippen MR) is 94.5 cm³/mol. The van der Waals surface area contributed by atoms with E-state index in [4.69, 9.17) is 4.74 Å². The Hall–Kier alpha value is -1.66. The molecule has 1 aromatic heterocycles. The van der Waals surface area contributed by atoms with Gasteiger partial charge in [0, 0.05) is 45.0 Å². The first-order chi connectivity index (χ1) is 11.7. The molecule has 2 saturated heterocycles. The van der Waals surface area contributed by atoms with E-state index in [0.717, 1.165) is 32.0 Å². The van der Waals surface area contributed by atoms with Crippen LogP contribution in [-0.4, -0.2) is 79.7 Å². The average Bonchev–Trinajstić information content (AvgIpc) is 2.62. The molecule has 1 aromatic rings. The molecule has 6 heteroatoms. The summed E-state index contributed by atoms with van der Waals surface area (Å²) in [5.41, 5.74) is 0.518. The molecule has 2 fully saturated rings. The maximum atomic E-state index is 11.7.